The fraction of sp³-hybridized carbons (Fsp3) is 0. The van der Waals surface area contributed by atoms with Crippen LogP contribution in [0, 0.1) is 0 Å². The summed E-state index contributed by atoms with van der Waals surface area (Å²) < 4.78 is 0.241. The Kier molecular flexibility index (Phi) is 5.44. The van der Waals surface area contributed by atoms with Crippen LogP contribution in [0.4, 0.5) is 0 Å². The first-order valence-corrected chi connectivity index (χ1v) is 9.03. The lowest BCUT2D eigenvalue weighted by molar-refractivity contribution is -0.123. The van der Waals surface area contributed by atoms with Gasteiger partial charge in [-0.3, -0.25) is 15.0 Å². The Bertz CT molecular complexity index is 901. The lowest BCUT2D eigenvalue weighted by Crippen LogP contribution is -2.44. The quantitative estimate of drug-likeness (QED) is 0.598. The Hall–Kier alpha value is -1.86. The molecular weight excluding hydrogens is 399 g/mol. The number of nitrogens with one attached hydrogen (secondary N) is 1. The molecule has 2 aromatic carbocycles. The summed E-state index contributed by atoms with van der Waals surface area (Å²) in [6, 6.07) is 13.6. The van der Waals surface area contributed by atoms with Gasteiger partial charge in [-0.2, -0.15) is 5.01 Å². The van der Waals surface area contributed by atoms with Crippen molar-refractivity contribution in [1.29, 1.82) is 0 Å². The van der Waals surface area contributed by atoms with Gasteiger partial charge >= 0.3 is 0 Å². The first kappa shape index (κ1) is 17.9. The Balaban J connectivity index is 1.80. The molecule has 1 heterocycles. The molecular formula is C17H10Cl2N2O2S2. The lowest BCUT2D eigenvalue weighted by Gasteiger charge is -2.15. The van der Waals surface area contributed by atoms with Gasteiger partial charge in [0.2, 0.25) is 0 Å². The maximum absolute atomic E-state index is 12.5. The predicted octanol–water partition coefficient (Wildman–Crippen LogP) is 4.54. The van der Waals surface area contributed by atoms with Crippen molar-refractivity contribution in [3.63, 3.8) is 0 Å². The van der Waals surface area contributed by atoms with Crippen LogP contribution in [0.15, 0.2) is 53.4 Å². The van der Waals surface area contributed by atoms with Crippen LogP contribution < -0.4 is 5.43 Å². The summed E-state index contributed by atoms with van der Waals surface area (Å²) in [5, 5.41) is 1.99. The standard InChI is InChI=1S/C17H10Cl2N2O2S2/c18-12-7-6-11(13(19)9-12)8-14-16(23)21(17(24)25-14)20-15(22)10-4-2-1-3-5-10/h1-9H,(H,20,22). The van der Waals surface area contributed by atoms with E-state index in [1.165, 1.54) is 0 Å². The molecule has 2 amide bonds. The third kappa shape index (κ3) is 4.04. The molecule has 2 aromatic rings. The van der Waals surface area contributed by atoms with Crippen molar-refractivity contribution in [3.05, 3.63) is 74.6 Å². The first-order valence-electron chi connectivity index (χ1n) is 7.05. The number of amides is 2. The number of hydrogen-bond donors (Lipinski definition) is 1. The van der Waals surface area contributed by atoms with Gasteiger partial charge in [0.25, 0.3) is 11.8 Å². The van der Waals surface area contributed by atoms with E-state index < -0.39 is 11.8 Å². The molecule has 0 unspecified atom stereocenters. The molecule has 126 valence electrons. The molecule has 1 saturated heterocycles. The Morgan fingerprint density at radius 3 is 2.56 bits per heavy atom. The number of thiocarbonyl (C=S) groups is 1. The summed E-state index contributed by atoms with van der Waals surface area (Å²) in [5.74, 6) is -0.826. The molecule has 1 fully saturated rings. The number of halogens is 2. The van der Waals surface area contributed by atoms with Crippen molar-refractivity contribution in [3.8, 4) is 0 Å². The van der Waals surface area contributed by atoms with Gasteiger partial charge < -0.3 is 0 Å². The van der Waals surface area contributed by atoms with Crippen molar-refractivity contribution in [2.45, 2.75) is 0 Å². The van der Waals surface area contributed by atoms with E-state index in [9.17, 15) is 9.59 Å². The van der Waals surface area contributed by atoms with Crippen LogP contribution in [0.2, 0.25) is 10.0 Å². The second kappa shape index (κ2) is 7.58. The van der Waals surface area contributed by atoms with Gasteiger partial charge in [-0.1, -0.05) is 59.2 Å². The van der Waals surface area contributed by atoms with E-state index in [-0.39, 0.29) is 4.32 Å². The topological polar surface area (TPSA) is 49.4 Å². The number of benzene rings is 2. The van der Waals surface area contributed by atoms with Gasteiger partial charge in [-0.15, -0.1) is 0 Å². The van der Waals surface area contributed by atoms with Gasteiger partial charge in [0.05, 0.1) is 4.91 Å². The number of hydrogen-bond acceptors (Lipinski definition) is 4. The van der Waals surface area contributed by atoms with Crippen molar-refractivity contribution in [2.75, 3.05) is 0 Å². The maximum Gasteiger partial charge on any atom is 0.285 e. The van der Waals surface area contributed by atoms with Gasteiger partial charge in [0.1, 0.15) is 0 Å². The molecule has 0 radical (unpaired) electrons. The molecule has 0 atom stereocenters. The van der Waals surface area contributed by atoms with Gasteiger partial charge in [-0.25, -0.2) is 0 Å². The van der Waals surface area contributed by atoms with E-state index in [0.29, 0.717) is 26.1 Å². The molecule has 4 nitrogen and oxygen atoms in total. The van der Waals surface area contributed by atoms with Crippen LogP contribution in [-0.2, 0) is 4.79 Å². The first-order chi connectivity index (χ1) is 12.0. The molecule has 0 bridgehead atoms. The van der Waals surface area contributed by atoms with Crippen molar-refractivity contribution >= 4 is 69.4 Å². The van der Waals surface area contributed by atoms with E-state index in [1.54, 1.807) is 54.6 Å². The minimum absolute atomic E-state index is 0.241. The number of carbonyl (C=O) groups is 2. The monoisotopic (exact) mass is 408 g/mol. The summed E-state index contributed by atoms with van der Waals surface area (Å²) in [5.41, 5.74) is 3.59. The Labute approximate surface area is 163 Å². The number of carbonyl (C=O) groups excluding carboxylic acids is 2. The average molecular weight is 409 g/mol. The van der Waals surface area contributed by atoms with Crippen molar-refractivity contribution in [2.24, 2.45) is 0 Å². The van der Waals surface area contributed by atoms with Crippen LogP contribution in [0.25, 0.3) is 6.08 Å². The zero-order valence-electron chi connectivity index (χ0n) is 12.5. The number of hydrazine groups is 1. The fourth-order valence-electron chi connectivity index (χ4n) is 2.08. The normalized spacial score (nSPS) is 15.8. The minimum Gasteiger partial charge on any atom is -0.267 e. The Morgan fingerprint density at radius 2 is 1.88 bits per heavy atom. The highest BCUT2D eigenvalue weighted by Crippen LogP contribution is 2.33. The summed E-state index contributed by atoms with van der Waals surface area (Å²) in [6.07, 6.45) is 1.62. The van der Waals surface area contributed by atoms with E-state index in [0.717, 1.165) is 16.8 Å². The third-order valence-corrected chi connectivity index (χ3v) is 5.16. The second-order valence-corrected chi connectivity index (χ2v) is 7.51. The van der Waals surface area contributed by atoms with Crippen LogP contribution >= 0.6 is 47.2 Å². The van der Waals surface area contributed by atoms with E-state index in [2.05, 4.69) is 5.43 Å². The molecule has 0 aromatic heterocycles. The van der Waals surface area contributed by atoms with E-state index in [4.69, 9.17) is 35.4 Å². The molecule has 1 aliphatic rings. The summed E-state index contributed by atoms with van der Waals surface area (Å²) in [6.45, 7) is 0. The van der Waals surface area contributed by atoms with E-state index in [1.807, 2.05) is 0 Å². The van der Waals surface area contributed by atoms with Crippen molar-refractivity contribution in [1.82, 2.24) is 10.4 Å². The molecule has 8 heteroatoms. The zero-order valence-corrected chi connectivity index (χ0v) is 15.7. The van der Waals surface area contributed by atoms with Crippen LogP contribution in [0.1, 0.15) is 15.9 Å². The fourth-order valence-corrected chi connectivity index (χ4v) is 3.71. The lowest BCUT2D eigenvalue weighted by atomic mass is 10.2. The number of thioether (sulfide) groups is 1. The second-order valence-electron chi connectivity index (χ2n) is 4.99. The minimum atomic E-state index is -0.414. The molecule has 3 rings (SSSR count). The highest BCUT2D eigenvalue weighted by molar-refractivity contribution is 8.26. The van der Waals surface area contributed by atoms with Crippen LogP contribution in [0.3, 0.4) is 0 Å². The van der Waals surface area contributed by atoms with Gasteiger partial charge in [-0.05, 0) is 48.1 Å². The van der Waals surface area contributed by atoms with Crippen molar-refractivity contribution < 1.29 is 9.59 Å². The summed E-state index contributed by atoms with van der Waals surface area (Å²) in [4.78, 5) is 25.1. The smallest absolute Gasteiger partial charge is 0.267 e. The summed E-state index contributed by atoms with van der Waals surface area (Å²) >= 11 is 18.3. The molecule has 1 aliphatic heterocycles. The largest absolute Gasteiger partial charge is 0.285 e. The average Bonchev–Trinajstić information content (AvgIpc) is 2.85. The molecule has 0 aliphatic carbocycles. The van der Waals surface area contributed by atoms with Gasteiger partial charge in [0.15, 0.2) is 4.32 Å². The number of rotatable bonds is 3. The molecule has 0 spiro atoms. The summed E-state index contributed by atoms with van der Waals surface area (Å²) in [7, 11) is 0. The third-order valence-electron chi connectivity index (χ3n) is 3.29. The predicted molar refractivity (Wildman–Crippen MR) is 105 cm³/mol. The van der Waals surface area contributed by atoms with Crippen LogP contribution in [0.5, 0.6) is 0 Å². The molecule has 0 saturated carbocycles. The molecule has 25 heavy (non-hydrogen) atoms. The Morgan fingerprint density at radius 1 is 1.16 bits per heavy atom. The maximum atomic E-state index is 12.5. The zero-order chi connectivity index (χ0) is 18.0. The SMILES string of the molecule is O=C(NN1C(=O)C(=Cc2ccc(Cl)cc2Cl)SC1=S)c1ccccc1. The van der Waals surface area contributed by atoms with Gasteiger partial charge in [0, 0.05) is 15.6 Å². The van der Waals surface area contributed by atoms with Crippen LogP contribution in [-0.4, -0.2) is 21.1 Å². The highest BCUT2D eigenvalue weighted by atomic mass is 35.5. The highest BCUT2D eigenvalue weighted by Gasteiger charge is 2.33. The number of nitrogens with zero attached hydrogens (tertiary/aromatic N) is 1. The van der Waals surface area contributed by atoms with E-state index >= 15 is 0 Å². The molecule has 1 N–H and O–H groups in total.